The minimum atomic E-state index is 0.0232. The Balaban J connectivity index is 2.00. The molecule has 0 aliphatic carbocycles. The summed E-state index contributed by atoms with van der Waals surface area (Å²) < 4.78 is 0. The van der Waals surface area contributed by atoms with Gasteiger partial charge in [0.15, 0.2) is 5.82 Å². The van der Waals surface area contributed by atoms with Gasteiger partial charge < -0.3 is 4.90 Å². The number of aryl methyl sites for hydroxylation is 3. The number of hydrogen-bond donors (Lipinski definition) is 2. The number of H-pyrrole nitrogens is 2. The van der Waals surface area contributed by atoms with Crippen molar-refractivity contribution in [3.05, 3.63) is 28.6 Å². The molecule has 0 saturated carbocycles. The lowest BCUT2D eigenvalue weighted by atomic mass is 10.1. The molecule has 2 heterocycles. The molecule has 7 heteroatoms. The van der Waals surface area contributed by atoms with E-state index >= 15 is 0 Å². The number of amides is 1. The molecule has 0 bridgehead atoms. The molecule has 7 nitrogen and oxygen atoms in total. The third kappa shape index (κ3) is 2.98. The maximum Gasteiger partial charge on any atom is 0.227 e. The Morgan fingerprint density at radius 2 is 1.95 bits per heavy atom. The van der Waals surface area contributed by atoms with Gasteiger partial charge >= 0.3 is 0 Å². The van der Waals surface area contributed by atoms with E-state index in [1.54, 1.807) is 11.9 Å². The summed E-state index contributed by atoms with van der Waals surface area (Å²) in [6, 6.07) is 0. The molecule has 0 aliphatic heterocycles. The van der Waals surface area contributed by atoms with Crippen molar-refractivity contribution in [3.8, 4) is 0 Å². The van der Waals surface area contributed by atoms with Crippen molar-refractivity contribution in [2.45, 2.75) is 33.7 Å². The second-order valence-electron chi connectivity index (χ2n) is 4.68. The van der Waals surface area contributed by atoms with E-state index in [0.717, 1.165) is 22.8 Å². The van der Waals surface area contributed by atoms with Gasteiger partial charge in [-0.05, 0) is 20.8 Å². The van der Waals surface area contributed by atoms with Crippen molar-refractivity contribution in [3.63, 3.8) is 0 Å². The Bertz CT molecular complexity index is 565. The molecule has 0 fully saturated rings. The average molecular weight is 262 g/mol. The van der Waals surface area contributed by atoms with Crippen LogP contribution >= 0.6 is 0 Å². The highest BCUT2D eigenvalue weighted by atomic mass is 16.2. The predicted molar refractivity (Wildman–Crippen MR) is 69.4 cm³/mol. The van der Waals surface area contributed by atoms with Crippen LogP contribution in [0.4, 0.5) is 0 Å². The number of carbonyl (C=O) groups excluding carboxylic acids is 1. The average Bonchev–Trinajstić information content (AvgIpc) is 2.89. The van der Waals surface area contributed by atoms with Gasteiger partial charge in [0.1, 0.15) is 5.82 Å². The van der Waals surface area contributed by atoms with Crippen molar-refractivity contribution in [1.82, 2.24) is 30.3 Å². The van der Waals surface area contributed by atoms with Crippen LogP contribution < -0.4 is 0 Å². The van der Waals surface area contributed by atoms with Crippen LogP contribution in [-0.4, -0.2) is 43.2 Å². The van der Waals surface area contributed by atoms with E-state index in [0.29, 0.717) is 18.8 Å². The molecule has 0 unspecified atom stereocenters. The van der Waals surface area contributed by atoms with E-state index in [9.17, 15) is 4.79 Å². The van der Waals surface area contributed by atoms with Crippen LogP contribution in [0.1, 0.15) is 28.6 Å². The topological polar surface area (TPSA) is 90.6 Å². The number of nitrogens with one attached hydrogen (secondary N) is 2. The van der Waals surface area contributed by atoms with Crippen LogP contribution in [0.5, 0.6) is 0 Å². The number of likely N-dealkylation sites (N-methyl/N-ethyl adjacent to an activating group) is 1. The largest absolute Gasteiger partial charge is 0.338 e. The van der Waals surface area contributed by atoms with Gasteiger partial charge in [-0.1, -0.05) is 0 Å². The molecule has 1 amide bonds. The van der Waals surface area contributed by atoms with Crippen LogP contribution in [0.2, 0.25) is 0 Å². The van der Waals surface area contributed by atoms with E-state index < -0.39 is 0 Å². The fourth-order valence-electron chi connectivity index (χ4n) is 1.88. The summed E-state index contributed by atoms with van der Waals surface area (Å²) in [5, 5.41) is 13.8. The van der Waals surface area contributed by atoms with E-state index in [1.165, 1.54) is 0 Å². The molecule has 0 aliphatic rings. The van der Waals surface area contributed by atoms with Gasteiger partial charge in [0.25, 0.3) is 0 Å². The lowest BCUT2D eigenvalue weighted by Crippen LogP contribution is -2.28. The first-order valence-corrected chi connectivity index (χ1v) is 6.09. The summed E-state index contributed by atoms with van der Waals surface area (Å²) in [5.74, 6) is 1.39. The lowest BCUT2D eigenvalue weighted by molar-refractivity contribution is -0.129. The highest BCUT2D eigenvalue weighted by Gasteiger charge is 2.16. The van der Waals surface area contributed by atoms with E-state index in [1.807, 2.05) is 20.8 Å². The number of carbonyl (C=O) groups is 1. The van der Waals surface area contributed by atoms with E-state index in [4.69, 9.17) is 0 Å². The van der Waals surface area contributed by atoms with Crippen LogP contribution in [0.15, 0.2) is 0 Å². The zero-order valence-electron chi connectivity index (χ0n) is 11.6. The minimum absolute atomic E-state index is 0.0232. The molecule has 0 aromatic carbocycles. The Kier molecular flexibility index (Phi) is 3.64. The molecule has 0 radical (unpaired) electrons. The predicted octanol–water partition coefficient (Wildman–Crippen LogP) is 0.654. The van der Waals surface area contributed by atoms with Crippen molar-refractivity contribution < 1.29 is 4.79 Å². The number of aromatic amines is 2. The number of aromatic nitrogens is 5. The molecule has 2 rings (SSSR count). The monoisotopic (exact) mass is 262 g/mol. The highest BCUT2D eigenvalue weighted by molar-refractivity contribution is 5.78. The van der Waals surface area contributed by atoms with Crippen LogP contribution in [0.3, 0.4) is 0 Å². The molecule has 0 saturated heterocycles. The Hall–Kier alpha value is -2.18. The van der Waals surface area contributed by atoms with Crippen molar-refractivity contribution >= 4 is 5.91 Å². The Morgan fingerprint density at radius 3 is 2.47 bits per heavy atom. The van der Waals surface area contributed by atoms with Gasteiger partial charge in [0.05, 0.1) is 18.7 Å². The van der Waals surface area contributed by atoms with Gasteiger partial charge in [0, 0.05) is 18.3 Å². The van der Waals surface area contributed by atoms with Gasteiger partial charge in [-0.15, -0.1) is 0 Å². The zero-order chi connectivity index (χ0) is 14.0. The van der Waals surface area contributed by atoms with Gasteiger partial charge in [0.2, 0.25) is 5.91 Å². The van der Waals surface area contributed by atoms with Crippen LogP contribution in [0.25, 0.3) is 0 Å². The maximum absolute atomic E-state index is 12.1. The molecule has 0 atom stereocenters. The molecular weight excluding hydrogens is 244 g/mol. The van der Waals surface area contributed by atoms with E-state index in [-0.39, 0.29) is 5.91 Å². The Labute approximate surface area is 111 Å². The molecule has 2 N–H and O–H groups in total. The zero-order valence-corrected chi connectivity index (χ0v) is 11.6. The highest BCUT2D eigenvalue weighted by Crippen LogP contribution is 2.11. The lowest BCUT2D eigenvalue weighted by Gasteiger charge is -2.15. The second kappa shape index (κ2) is 5.21. The van der Waals surface area contributed by atoms with Crippen molar-refractivity contribution in [1.29, 1.82) is 0 Å². The quantitative estimate of drug-likeness (QED) is 0.846. The van der Waals surface area contributed by atoms with E-state index in [2.05, 4.69) is 25.4 Å². The smallest absolute Gasteiger partial charge is 0.227 e. The maximum atomic E-state index is 12.1. The van der Waals surface area contributed by atoms with Crippen molar-refractivity contribution in [2.24, 2.45) is 0 Å². The minimum Gasteiger partial charge on any atom is -0.338 e. The molecule has 2 aromatic heterocycles. The SMILES string of the molecule is Cc1nc(CN(C)C(=O)Cc2c(C)n[nH]c2C)n[nH]1. The first kappa shape index (κ1) is 13.3. The van der Waals surface area contributed by atoms with Crippen molar-refractivity contribution in [2.75, 3.05) is 7.05 Å². The first-order chi connectivity index (χ1) is 8.97. The summed E-state index contributed by atoms with van der Waals surface area (Å²) in [4.78, 5) is 18.0. The number of rotatable bonds is 4. The molecule has 2 aromatic rings. The third-order valence-electron chi connectivity index (χ3n) is 3.06. The van der Waals surface area contributed by atoms with Crippen LogP contribution in [0, 0.1) is 20.8 Å². The standard InChI is InChI=1S/C12H18N6O/c1-7-10(8(2)15-14-7)5-12(19)18(4)6-11-13-9(3)16-17-11/h5-6H2,1-4H3,(H,14,15)(H,13,16,17). The summed E-state index contributed by atoms with van der Waals surface area (Å²) in [5.41, 5.74) is 2.77. The summed E-state index contributed by atoms with van der Waals surface area (Å²) >= 11 is 0. The summed E-state index contributed by atoms with van der Waals surface area (Å²) in [6.45, 7) is 6.04. The van der Waals surface area contributed by atoms with Gasteiger partial charge in [-0.25, -0.2) is 4.98 Å². The van der Waals surface area contributed by atoms with Gasteiger partial charge in [-0.3, -0.25) is 15.0 Å². The van der Waals surface area contributed by atoms with Crippen LogP contribution in [-0.2, 0) is 17.8 Å². The number of nitrogens with zero attached hydrogens (tertiary/aromatic N) is 4. The molecular formula is C12H18N6O. The van der Waals surface area contributed by atoms with Gasteiger partial charge in [-0.2, -0.15) is 10.2 Å². The normalized spacial score (nSPS) is 10.7. The molecule has 19 heavy (non-hydrogen) atoms. The molecule has 0 spiro atoms. The third-order valence-corrected chi connectivity index (χ3v) is 3.06. The fraction of sp³-hybridized carbons (Fsp3) is 0.500. The second-order valence-corrected chi connectivity index (χ2v) is 4.68. The fourth-order valence-corrected chi connectivity index (χ4v) is 1.88. The first-order valence-electron chi connectivity index (χ1n) is 6.09. The summed E-state index contributed by atoms with van der Waals surface area (Å²) in [6.07, 6.45) is 0.341. The summed E-state index contributed by atoms with van der Waals surface area (Å²) in [7, 11) is 1.75. The Morgan fingerprint density at radius 1 is 1.21 bits per heavy atom. The number of hydrogen-bond acceptors (Lipinski definition) is 4. The molecule has 102 valence electrons.